The molecule has 0 fully saturated rings. The third-order valence-corrected chi connectivity index (χ3v) is 3.58. The SMILES string of the molecule is CCSC(N)=Nc1ccc(OC)c(CN(C)C(=O)OC(C)(C)C)c1. The first kappa shape index (κ1) is 20.2. The van der Waals surface area contributed by atoms with E-state index in [9.17, 15) is 4.79 Å². The van der Waals surface area contributed by atoms with E-state index in [0.717, 1.165) is 17.0 Å². The number of benzene rings is 1. The number of methoxy groups -OCH3 is 1. The molecule has 0 saturated carbocycles. The number of nitrogens with two attached hydrogens (primary N) is 1. The molecule has 0 bridgehead atoms. The van der Waals surface area contributed by atoms with Gasteiger partial charge in [-0.15, -0.1) is 0 Å². The van der Waals surface area contributed by atoms with Crippen molar-refractivity contribution in [3.05, 3.63) is 23.8 Å². The number of rotatable bonds is 5. The summed E-state index contributed by atoms with van der Waals surface area (Å²) in [6.45, 7) is 7.87. The van der Waals surface area contributed by atoms with E-state index in [1.807, 2.05) is 45.9 Å². The standard InChI is InChI=1S/C17H27N3O3S/c1-7-24-15(18)19-13-8-9-14(22-6)12(10-13)11-20(5)16(21)23-17(2,3)4/h8-10H,7,11H2,1-6H3,(H2,18,19). The molecule has 0 radical (unpaired) electrons. The summed E-state index contributed by atoms with van der Waals surface area (Å²) in [7, 11) is 3.28. The molecular formula is C17H27N3O3S. The molecule has 1 aromatic rings. The Morgan fingerprint density at radius 2 is 2.04 bits per heavy atom. The van der Waals surface area contributed by atoms with Crippen molar-refractivity contribution in [3.63, 3.8) is 0 Å². The Hall–Kier alpha value is -1.89. The molecule has 134 valence electrons. The highest BCUT2D eigenvalue weighted by Crippen LogP contribution is 2.26. The second kappa shape index (κ2) is 8.82. The molecule has 2 N–H and O–H groups in total. The van der Waals surface area contributed by atoms with Gasteiger partial charge in [-0.1, -0.05) is 18.7 Å². The minimum atomic E-state index is -0.534. The van der Waals surface area contributed by atoms with Gasteiger partial charge in [0.15, 0.2) is 5.17 Å². The zero-order valence-corrected chi connectivity index (χ0v) is 16.1. The molecule has 0 aliphatic carbocycles. The Balaban J connectivity index is 2.96. The van der Waals surface area contributed by atoms with Gasteiger partial charge in [0.05, 0.1) is 19.3 Å². The van der Waals surface area contributed by atoms with Gasteiger partial charge in [-0.3, -0.25) is 0 Å². The fourth-order valence-corrected chi connectivity index (χ4v) is 2.39. The molecule has 1 amide bonds. The van der Waals surface area contributed by atoms with Crippen LogP contribution in [0.3, 0.4) is 0 Å². The number of amides is 1. The number of carbonyl (C=O) groups excluding carboxylic acids is 1. The van der Waals surface area contributed by atoms with Crippen LogP contribution in [0, 0.1) is 0 Å². The number of aliphatic imine (C=N–C) groups is 1. The predicted molar refractivity (Wildman–Crippen MR) is 100 cm³/mol. The topological polar surface area (TPSA) is 77.2 Å². The maximum atomic E-state index is 12.1. The average molecular weight is 353 g/mol. The summed E-state index contributed by atoms with van der Waals surface area (Å²) in [5.74, 6) is 1.55. The van der Waals surface area contributed by atoms with Gasteiger partial charge >= 0.3 is 6.09 Å². The van der Waals surface area contributed by atoms with Gasteiger partial charge in [-0.25, -0.2) is 9.79 Å². The van der Waals surface area contributed by atoms with Crippen molar-refractivity contribution in [2.24, 2.45) is 10.7 Å². The van der Waals surface area contributed by atoms with Crippen LogP contribution in [0.15, 0.2) is 23.2 Å². The molecule has 0 aromatic heterocycles. The summed E-state index contributed by atoms with van der Waals surface area (Å²) in [6, 6.07) is 5.52. The van der Waals surface area contributed by atoms with Gasteiger partial charge in [0, 0.05) is 12.6 Å². The summed E-state index contributed by atoms with van der Waals surface area (Å²) in [6.07, 6.45) is -0.389. The van der Waals surface area contributed by atoms with E-state index in [0.29, 0.717) is 17.5 Å². The van der Waals surface area contributed by atoms with Crippen LogP contribution in [-0.2, 0) is 11.3 Å². The predicted octanol–water partition coefficient (Wildman–Crippen LogP) is 3.76. The van der Waals surface area contributed by atoms with Crippen LogP contribution >= 0.6 is 11.8 Å². The molecule has 7 heteroatoms. The van der Waals surface area contributed by atoms with Crippen LogP contribution in [-0.4, -0.2) is 41.7 Å². The van der Waals surface area contributed by atoms with E-state index in [2.05, 4.69) is 4.99 Å². The van der Waals surface area contributed by atoms with Crippen LogP contribution in [0.5, 0.6) is 5.75 Å². The molecule has 0 aliphatic heterocycles. The van der Waals surface area contributed by atoms with Gasteiger partial charge in [-0.05, 0) is 44.7 Å². The molecule has 6 nitrogen and oxygen atoms in total. The van der Waals surface area contributed by atoms with Crippen LogP contribution in [0.4, 0.5) is 10.5 Å². The van der Waals surface area contributed by atoms with E-state index < -0.39 is 5.60 Å². The number of ether oxygens (including phenoxy) is 2. The molecule has 0 unspecified atom stereocenters. The van der Waals surface area contributed by atoms with Crippen molar-refractivity contribution >= 4 is 28.7 Å². The van der Waals surface area contributed by atoms with Crippen LogP contribution in [0.1, 0.15) is 33.3 Å². The highest BCUT2D eigenvalue weighted by Gasteiger charge is 2.20. The number of hydrogen-bond donors (Lipinski definition) is 1. The fourth-order valence-electron chi connectivity index (χ4n) is 1.93. The maximum Gasteiger partial charge on any atom is 0.410 e. The summed E-state index contributed by atoms with van der Waals surface area (Å²) in [5, 5.41) is 0.508. The number of carbonyl (C=O) groups is 1. The van der Waals surface area contributed by atoms with E-state index >= 15 is 0 Å². The minimum absolute atomic E-state index is 0.349. The second-order valence-corrected chi connectivity index (χ2v) is 7.50. The first-order valence-electron chi connectivity index (χ1n) is 7.74. The highest BCUT2D eigenvalue weighted by atomic mass is 32.2. The number of thioether (sulfide) groups is 1. The molecule has 0 saturated heterocycles. The van der Waals surface area contributed by atoms with E-state index in [1.54, 1.807) is 14.2 Å². The molecule has 1 aromatic carbocycles. The monoisotopic (exact) mass is 353 g/mol. The summed E-state index contributed by atoms with van der Waals surface area (Å²) >= 11 is 1.48. The van der Waals surface area contributed by atoms with E-state index in [4.69, 9.17) is 15.2 Å². The van der Waals surface area contributed by atoms with Crippen molar-refractivity contribution < 1.29 is 14.3 Å². The summed E-state index contributed by atoms with van der Waals surface area (Å²) in [5.41, 5.74) is 6.88. The number of amidine groups is 1. The molecule has 0 spiro atoms. The summed E-state index contributed by atoms with van der Waals surface area (Å²) in [4.78, 5) is 18.0. The largest absolute Gasteiger partial charge is 0.496 e. The van der Waals surface area contributed by atoms with Crippen LogP contribution < -0.4 is 10.5 Å². The van der Waals surface area contributed by atoms with Gasteiger partial charge in [0.25, 0.3) is 0 Å². The lowest BCUT2D eigenvalue weighted by Gasteiger charge is -2.25. The van der Waals surface area contributed by atoms with E-state index in [-0.39, 0.29) is 6.09 Å². The third kappa shape index (κ3) is 6.70. The number of nitrogens with zero attached hydrogens (tertiary/aromatic N) is 2. The normalized spacial score (nSPS) is 12.0. The van der Waals surface area contributed by atoms with Gasteiger partial charge in [-0.2, -0.15) is 0 Å². The highest BCUT2D eigenvalue weighted by molar-refractivity contribution is 8.13. The molecule has 0 atom stereocenters. The lowest BCUT2D eigenvalue weighted by Crippen LogP contribution is -2.33. The van der Waals surface area contributed by atoms with Crippen molar-refractivity contribution in [1.82, 2.24) is 4.90 Å². The molecule has 0 heterocycles. The van der Waals surface area contributed by atoms with Crippen LogP contribution in [0.25, 0.3) is 0 Å². The zero-order valence-electron chi connectivity index (χ0n) is 15.3. The Morgan fingerprint density at radius 3 is 2.58 bits per heavy atom. The molecule has 0 aliphatic rings. The smallest absolute Gasteiger partial charge is 0.410 e. The van der Waals surface area contributed by atoms with Crippen molar-refractivity contribution in [2.45, 2.75) is 39.8 Å². The first-order chi connectivity index (χ1) is 11.2. The Labute approximate surface area is 148 Å². The quantitative estimate of drug-likeness (QED) is 0.644. The summed E-state index contributed by atoms with van der Waals surface area (Å²) < 4.78 is 10.7. The van der Waals surface area contributed by atoms with Gasteiger partial charge in [0.2, 0.25) is 0 Å². The Morgan fingerprint density at radius 1 is 1.38 bits per heavy atom. The Bertz CT molecular complexity index is 597. The van der Waals surface area contributed by atoms with Gasteiger partial charge in [0.1, 0.15) is 11.4 Å². The zero-order chi connectivity index (χ0) is 18.3. The van der Waals surface area contributed by atoms with Gasteiger partial charge < -0.3 is 20.1 Å². The van der Waals surface area contributed by atoms with E-state index in [1.165, 1.54) is 16.7 Å². The molecule has 24 heavy (non-hydrogen) atoms. The van der Waals surface area contributed by atoms with Crippen molar-refractivity contribution in [1.29, 1.82) is 0 Å². The fraction of sp³-hybridized carbons (Fsp3) is 0.529. The number of hydrogen-bond acceptors (Lipinski definition) is 5. The third-order valence-electron chi connectivity index (χ3n) is 2.91. The molecular weight excluding hydrogens is 326 g/mol. The average Bonchev–Trinajstić information content (AvgIpc) is 2.46. The maximum absolute atomic E-state index is 12.1. The lowest BCUT2D eigenvalue weighted by atomic mass is 10.1. The lowest BCUT2D eigenvalue weighted by molar-refractivity contribution is 0.0284. The van der Waals surface area contributed by atoms with Crippen LogP contribution in [0.2, 0.25) is 0 Å². The minimum Gasteiger partial charge on any atom is -0.496 e. The van der Waals surface area contributed by atoms with Crippen molar-refractivity contribution in [3.8, 4) is 5.75 Å². The molecule has 1 rings (SSSR count). The van der Waals surface area contributed by atoms with Crippen molar-refractivity contribution in [2.75, 3.05) is 19.9 Å². The second-order valence-electron chi connectivity index (χ2n) is 6.22. The Kier molecular flexibility index (Phi) is 7.41. The first-order valence-corrected chi connectivity index (χ1v) is 8.72.